The topological polar surface area (TPSA) is 90.8 Å². The van der Waals surface area contributed by atoms with Crippen molar-refractivity contribution in [1.82, 2.24) is 4.72 Å². The molecule has 0 atom stereocenters. The summed E-state index contributed by atoms with van der Waals surface area (Å²) in [7, 11) is -3.61. The normalized spacial score (nSPS) is 13.4. The third-order valence-corrected chi connectivity index (χ3v) is 3.53. The van der Waals surface area contributed by atoms with Crippen LogP contribution in [0.3, 0.4) is 0 Å². The first kappa shape index (κ1) is 15.5. The zero-order valence-corrected chi connectivity index (χ0v) is 12.2. The Morgan fingerprint density at radius 2 is 1.74 bits per heavy atom. The van der Waals surface area contributed by atoms with Crippen molar-refractivity contribution in [2.75, 3.05) is 4.72 Å². The second-order valence-electron chi connectivity index (χ2n) is 5.22. The van der Waals surface area contributed by atoms with Gasteiger partial charge in [0.1, 0.15) is 0 Å². The van der Waals surface area contributed by atoms with Crippen LogP contribution in [-0.4, -0.2) is 24.9 Å². The first-order valence-corrected chi connectivity index (χ1v) is 7.22. The largest absolute Gasteiger partial charge is 0.411 e. The predicted molar refractivity (Wildman–Crippen MR) is 75.9 cm³/mol. The SMILES string of the molecule is C/C(=N/O)c1ccc(NS(=O)(=O)NC(C)(C)C)cc1. The van der Waals surface area contributed by atoms with Crippen molar-refractivity contribution in [3.8, 4) is 0 Å². The van der Waals surface area contributed by atoms with Gasteiger partial charge in [-0.3, -0.25) is 4.72 Å². The minimum absolute atomic E-state index is 0.436. The van der Waals surface area contributed by atoms with Crippen LogP contribution in [-0.2, 0) is 10.2 Å². The number of hydrogen-bond acceptors (Lipinski definition) is 4. The summed E-state index contributed by atoms with van der Waals surface area (Å²) in [6.45, 7) is 6.93. The zero-order chi connectivity index (χ0) is 14.7. The maximum Gasteiger partial charge on any atom is 0.299 e. The highest BCUT2D eigenvalue weighted by atomic mass is 32.2. The van der Waals surface area contributed by atoms with Gasteiger partial charge in [0.05, 0.1) is 5.71 Å². The molecule has 0 aromatic heterocycles. The molecule has 0 radical (unpaired) electrons. The maximum absolute atomic E-state index is 11.8. The fourth-order valence-corrected chi connectivity index (χ4v) is 2.72. The predicted octanol–water partition coefficient (Wildman–Crippen LogP) is 1.93. The highest BCUT2D eigenvalue weighted by Gasteiger charge is 2.19. The second-order valence-corrected chi connectivity index (χ2v) is 6.64. The second kappa shape index (κ2) is 5.58. The van der Waals surface area contributed by atoms with Crippen molar-refractivity contribution in [3.05, 3.63) is 29.8 Å². The Morgan fingerprint density at radius 1 is 1.21 bits per heavy atom. The number of hydrogen-bond donors (Lipinski definition) is 3. The lowest BCUT2D eigenvalue weighted by Gasteiger charge is -2.20. The average Bonchev–Trinajstić information content (AvgIpc) is 2.25. The monoisotopic (exact) mass is 285 g/mol. The van der Waals surface area contributed by atoms with Gasteiger partial charge in [0.25, 0.3) is 10.2 Å². The molecule has 0 heterocycles. The van der Waals surface area contributed by atoms with Crippen LogP contribution in [0.4, 0.5) is 5.69 Å². The van der Waals surface area contributed by atoms with E-state index in [1.54, 1.807) is 52.0 Å². The fraction of sp³-hybridized carbons (Fsp3) is 0.417. The van der Waals surface area contributed by atoms with Crippen LogP contribution in [0.1, 0.15) is 33.3 Å². The smallest absolute Gasteiger partial charge is 0.299 e. The molecule has 0 amide bonds. The number of nitrogens with zero attached hydrogens (tertiary/aromatic N) is 1. The van der Waals surface area contributed by atoms with Crippen molar-refractivity contribution in [2.24, 2.45) is 5.16 Å². The van der Waals surface area contributed by atoms with Gasteiger partial charge in [-0.05, 0) is 45.4 Å². The molecule has 19 heavy (non-hydrogen) atoms. The van der Waals surface area contributed by atoms with Gasteiger partial charge in [0.15, 0.2) is 0 Å². The van der Waals surface area contributed by atoms with Crippen molar-refractivity contribution >= 4 is 21.6 Å². The molecule has 0 aliphatic rings. The van der Waals surface area contributed by atoms with Gasteiger partial charge in [-0.1, -0.05) is 17.3 Å². The van der Waals surface area contributed by atoms with E-state index >= 15 is 0 Å². The molecule has 0 aliphatic carbocycles. The van der Waals surface area contributed by atoms with Crippen molar-refractivity contribution in [2.45, 2.75) is 33.2 Å². The molecule has 0 fully saturated rings. The molecule has 0 unspecified atom stereocenters. The van der Waals surface area contributed by atoms with Crippen LogP contribution >= 0.6 is 0 Å². The number of oxime groups is 1. The van der Waals surface area contributed by atoms with Gasteiger partial charge in [0.2, 0.25) is 0 Å². The summed E-state index contributed by atoms with van der Waals surface area (Å²) < 4.78 is 28.5. The van der Waals surface area contributed by atoms with E-state index in [9.17, 15) is 8.42 Å². The molecule has 1 rings (SSSR count). The quantitative estimate of drug-likeness (QED) is 0.448. The summed E-state index contributed by atoms with van der Waals surface area (Å²) in [6, 6.07) is 6.55. The van der Waals surface area contributed by atoms with E-state index in [0.29, 0.717) is 17.0 Å². The lowest BCUT2D eigenvalue weighted by Crippen LogP contribution is -2.43. The first-order chi connectivity index (χ1) is 8.63. The third-order valence-electron chi connectivity index (χ3n) is 2.15. The van der Waals surface area contributed by atoms with E-state index in [2.05, 4.69) is 14.6 Å². The van der Waals surface area contributed by atoms with E-state index in [-0.39, 0.29) is 0 Å². The minimum Gasteiger partial charge on any atom is -0.411 e. The third kappa shape index (κ3) is 5.27. The Kier molecular flexibility index (Phi) is 4.54. The Labute approximate surface area is 113 Å². The van der Waals surface area contributed by atoms with Gasteiger partial charge in [-0.25, -0.2) is 0 Å². The summed E-state index contributed by atoms with van der Waals surface area (Å²) in [6.07, 6.45) is 0. The summed E-state index contributed by atoms with van der Waals surface area (Å²) in [5.41, 5.74) is 1.06. The number of anilines is 1. The van der Waals surface area contributed by atoms with Crippen LogP contribution in [0, 0.1) is 0 Å². The molecule has 6 nitrogen and oxygen atoms in total. The van der Waals surface area contributed by atoms with Crippen LogP contribution in [0.25, 0.3) is 0 Å². The molecule has 106 valence electrons. The number of nitrogens with one attached hydrogen (secondary N) is 2. The summed E-state index contributed by atoms with van der Waals surface area (Å²) >= 11 is 0. The molecule has 1 aromatic carbocycles. The highest BCUT2D eigenvalue weighted by Crippen LogP contribution is 2.12. The molecule has 1 aromatic rings. The van der Waals surface area contributed by atoms with E-state index in [0.717, 1.165) is 0 Å². The van der Waals surface area contributed by atoms with Crippen molar-refractivity contribution < 1.29 is 13.6 Å². The molecule has 0 saturated carbocycles. The van der Waals surface area contributed by atoms with Crippen LogP contribution in [0.5, 0.6) is 0 Å². The molecule has 0 spiro atoms. The lowest BCUT2D eigenvalue weighted by molar-refractivity contribution is 0.319. The van der Waals surface area contributed by atoms with Crippen LogP contribution < -0.4 is 9.44 Å². The Bertz CT molecular complexity index is 557. The molecule has 0 aliphatic heterocycles. The van der Waals surface area contributed by atoms with E-state index in [1.807, 2.05) is 0 Å². The van der Waals surface area contributed by atoms with E-state index in [1.165, 1.54) is 0 Å². The van der Waals surface area contributed by atoms with E-state index in [4.69, 9.17) is 5.21 Å². The maximum atomic E-state index is 11.8. The van der Waals surface area contributed by atoms with Gasteiger partial charge in [0, 0.05) is 11.2 Å². The van der Waals surface area contributed by atoms with Crippen LogP contribution in [0.15, 0.2) is 29.4 Å². The molecular weight excluding hydrogens is 266 g/mol. The lowest BCUT2D eigenvalue weighted by atomic mass is 10.1. The standard InChI is InChI=1S/C12H19N3O3S/c1-9(13-16)10-5-7-11(8-6-10)14-19(17,18)15-12(2,3)4/h5-8,14-16H,1-4H3/b13-9-. The van der Waals surface area contributed by atoms with Crippen LogP contribution in [0.2, 0.25) is 0 Å². The average molecular weight is 285 g/mol. The molecule has 0 saturated heterocycles. The fourth-order valence-electron chi connectivity index (χ4n) is 1.42. The summed E-state index contributed by atoms with van der Waals surface area (Å²) in [5.74, 6) is 0. The molecule has 7 heteroatoms. The molecule has 0 bridgehead atoms. The van der Waals surface area contributed by atoms with Gasteiger partial charge in [-0.15, -0.1) is 0 Å². The Hall–Kier alpha value is -1.60. The summed E-state index contributed by atoms with van der Waals surface area (Å²) in [4.78, 5) is 0. The van der Waals surface area contributed by atoms with Gasteiger partial charge >= 0.3 is 0 Å². The summed E-state index contributed by atoms with van der Waals surface area (Å²) in [5, 5.41) is 11.7. The Morgan fingerprint density at radius 3 is 2.16 bits per heavy atom. The van der Waals surface area contributed by atoms with E-state index < -0.39 is 15.7 Å². The Balaban J connectivity index is 2.84. The van der Waals surface area contributed by atoms with Gasteiger partial charge < -0.3 is 5.21 Å². The van der Waals surface area contributed by atoms with Gasteiger partial charge in [-0.2, -0.15) is 13.1 Å². The molecular formula is C12H19N3O3S. The minimum atomic E-state index is -3.61. The first-order valence-electron chi connectivity index (χ1n) is 5.74. The highest BCUT2D eigenvalue weighted by molar-refractivity contribution is 7.90. The number of rotatable bonds is 4. The zero-order valence-electron chi connectivity index (χ0n) is 11.4. The van der Waals surface area contributed by atoms with Crippen molar-refractivity contribution in [1.29, 1.82) is 0 Å². The molecule has 3 N–H and O–H groups in total. The van der Waals surface area contributed by atoms with Crippen molar-refractivity contribution in [3.63, 3.8) is 0 Å². The number of benzene rings is 1.